The fourth-order valence-corrected chi connectivity index (χ4v) is 2.14. The first-order valence-corrected chi connectivity index (χ1v) is 6.46. The third kappa shape index (κ3) is 3.43. The molecule has 1 aromatic heterocycles. The van der Waals surface area contributed by atoms with Gasteiger partial charge in [-0.05, 0) is 37.0 Å². The Morgan fingerprint density at radius 3 is 2.89 bits per heavy atom. The number of anilines is 1. The highest BCUT2D eigenvalue weighted by molar-refractivity contribution is 5.77. The van der Waals surface area contributed by atoms with E-state index in [-0.39, 0.29) is 12.5 Å². The lowest BCUT2D eigenvalue weighted by Gasteiger charge is -2.27. The molecule has 2 rings (SSSR count). The lowest BCUT2D eigenvalue weighted by molar-refractivity contribution is -0.119. The highest BCUT2D eigenvalue weighted by Crippen LogP contribution is 2.18. The first-order chi connectivity index (χ1) is 8.79. The van der Waals surface area contributed by atoms with Crippen LogP contribution in [0.4, 0.5) is 5.82 Å². The summed E-state index contributed by atoms with van der Waals surface area (Å²) in [5, 5.41) is 2.77. The van der Waals surface area contributed by atoms with Crippen molar-refractivity contribution in [1.29, 1.82) is 0 Å². The van der Waals surface area contributed by atoms with Crippen molar-refractivity contribution in [2.75, 3.05) is 24.5 Å². The molecule has 3 N–H and O–H groups in total. The van der Waals surface area contributed by atoms with Crippen LogP contribution < -0.4 is 16.0 Å². The molecule has 0 unspecified atom stereocenters. The van der Waals surface area contributed by atoms with Gasteiger partial charge in [0.2, 0.25) is 5.91 Å². The molecule has 0 aromatic carbocycles. The largest absolute Gasteiger partial charge is 0.357 e. The quantitative estimate of drug-likeness (QED) is 0.820. The predicted octanol–water partition coefficient (Wildman–Crippen LogP) is 0.647. The maximum absolute atomic E-state index is 11.1. The number of amides is 1. The zero-order valence-corrected chi connectivity index (χ0v) is 10.6. The van der Waals surface area contributed by atoms with Gasteiger partial charge in [0.1, 0.15) is 5.82 Å². The second kappa shape index (κ2) is 6.35. The van der Waals surface area contributed by atoms with Crippen LogP contribution in [0.3, 0.4) is 0 Å². The molecule has 1 amide bonds. The Bertz CT molecular complexity index is 402. The predicted molar refractivity (Wildman–Crippen MR) is 71.2 cm³/mol. The topological polar surface area (TPSA) is 71.2 Å². The Morgan fingerprint density at radius 2 is 2.17 bits per heavy atom. The van der Waals surface area contributed by atoms with Crippen LogP contribution in [-0.2, 0) is 11.3 Å². The number of carbonyl (C=O) groups excluding carboxylic acids is 1. The van der Waals surface area contributed by atoms with E-state index in [2.05, 4.69) is 15.2 Å². The summed E-state index contributed by atoms with van der Waals surface area (Å²) in [7, 11) is 0. The summed E-state index contributed by atoms with van der Waals surface area (Å²) in [5.41, 5.74) is 6.31. The van der Waals surface area contributed by atoms with E-state index < -0.39 is 0 Å². The van der Waals surface area contributed by atoms with Crippen molar-refractivity contribution in [3.8, 4) is 0 Å². The lowest BCUT2D eigenvalue weighted by atomic mass is 10.1. The van der Waals surface area contributed by atoms with Crippen LogP contribution in [0.1, 0.15) is 24.8 Å². The summed E-state index contributed by atoms with van der Waals surface area (Å²) >= 11 is 0. The molecule has 5 heteroatoms. The van der Waals surface area contributed by atoms with Gasteiger partial charge < -0.3 is 16.0 Å². The molecule has 1 fully saturated rings. The molecule has 0 aliphatic carbocycles. The van der Waals surface area contributed by atoms with Crippen molar-refractivity contribution >= 4 is 11.7 Å². The Hall–Kier alpha value is -1.62. The fraction of sp³-hybridized carbons (Fsp3) is 0.538. The minimum atomic E-state index is -0.133. The molecule has 98 valence electrons. The van der Waals surface area contributed by atoms with E-state index in [1.54, 1.807) is 6.20 Å². The van der Waals surface area contributed by atoms with Gasteiger partial charge in [0, 0.05) is 25.8 Å². The van der Waals surface area contributed by atoms with Gasteiger partial charge in [-0.2, -0.15) is 0 Å². The van der Waals surface area contributed by atoms with Crippen LogP contribution in [0.5, 0.6) is 0 Å². The van der Waals surface area contributed by atoms with Crippen LogP contribution in [0.25, 0.3) is 0 Å². The van der Waals surface area contributed by atoms with Gasteiger partial charge in [0.15, 0.2) is 0 Å². The average molecular weight is 248 g/mol. The maximum atomic E-state index is 11.1. The number of rotatable bonds is 4. The molecule has 0 atom stereocenters. The molecule has 0 saturated carbocycles. The first kappa shape index (κ1) is 12.8. The van der Waals surface area contributed by atoms with Gasteiger partial charge in [-0.25, -0.2) is 4.98 Å². The molecule has 1 saturated heterocycles. The molecule has 0 radical (unpaired) electrons. The van der Waals surface area contributed by atoms with E-state index >= 15 is 0 Å². The van der Waals surface area contributed by atoms with Crippen molar-refractivity contribution in [3.63, 3.8) is 0 Å². The van der Waals surface area contributed by atoms with E-state index in [4.69, 9.17) is 5.73 Å². The van der Waals surface area contributed by atoms with Crippen LogP contribution in [0, 0.1) is 0 Å². The number of nitrogens with two attached hydrogens (primary N) is 1. The normalized spacial score (nSPS) is 15.5. The lowest BCUT2D eigenvalue weighted by Crippen LogP contribution is -2.31. The average Bonchev–Trinajstić information content (AvgIpc) is 2.46. The zero-order chi connectivity index (χ0) is 12.8. The molecule has 5 nitrogen and oxygen atoms in total. The highest BCUT2D eigenvalue weighted by Gasteiger charge is 2.12. The van der Waals surface area contributed by atoms with Crippen LogP contribution in [0.15, 0.2) is 18.3 Å². The second-order valence-corrected chi connectivity index (χ2v) is 4.55. The Morgan fingerprint density at radius 1 is 1.39 bits per heavy atom. The van der Waals surface area contributed by atoms with E-state index in [9.17, 15) is 4.79 Å². The summed E-state index contributed by atoms with van der Waals surface area (Å²) in [4.78, 5) is 17.8. The van der Waals surface area contributed by atoms with E-state index in [0.717, 1.165) is 24.5 Å². The SMILES string of the molecule is NCC(=O)NCc1ccnc(N2CCCCC2)c1. The Balaban J connectivity index is 1.98. The summed E-state index contributed by atoms with van der Waals surface area (Å²) in [6, 6.07) is 3.96. The van der Waals surface area contributed by atoms with Gasteiger partial charge in [0.25, 0.3) is 0 Å². The Labute approximate surface area is 107 Å². The number of pyridine rings is 1. The minimum Gasteiger partial charge on any atom is -0.357 e. The van der Waals surface area contributed by atoms with Gasteiger partial charge in [-0.15, -0.1) is 0 Å². The van der Waals surface area contributed by atoms with Crippen molar-refractivity contribution in [2.45, 2.75) is 25.8 Å². The maximum Gasteiger partial charge on any atom is 0.234 e. The van der Waals surface area contributed by atoms with E-state index in [1.807, 2.05) is 12.1 Å². The highest BCUT2D eigenvalue weighted by atomic mass is 16.1. The van der Waals surface area contributed by atoms with Crippen LogP contribution in [0.2, 0.25) is 0 Å². The monoisotopic (exact) mass is 248 g/mol. The van der Waals surface area contributed by atoms with Crippen LogP contribution >= 0.6 is 0 Å². The molecule has 18 heavy (non-hydrogen) atoms. The fourth-order valence-electron chi connectivity index (χ4n) is 2.14. The number of aromatic nitrogens is 1. The Kier molecular flexibility index (Phi) is 4.52. The van der Waals surface area contributed by atoms with E-state index in [0.29, 0.717) is 6.54 Å². The van der Waals surface area contributed by atoms with Crippen molar-refractivity contribution in [2.24, 2.45) is 5.73 Å². The summed E-state index contributed by atoms with van der Waals surface area (Å²) in [6.45, 7) is 2.70. The molecule has 0 bridgehead atoms. The first-order valence-electron chi connectivity index (χ1n) is 6.46. The van der Waals surface area contributed by atoms with E-state index in [1.165, 1.54) is 19.3 Å². The molecular weight excluding hydrogens is 228 g/mol. The third-order valence-electron chi connectivity index (χ3n) is 3.17. The molecule has 1 aliphatic heterocycles. The zero-order valence-electron chi connectivity index (χ0n) is 10.6. The second-order valence-electron chi connectivity index (χ2n) is 4.55. The van der Waals surface area contributed by atoms with Gasteiger partial charge in [-0.3, -0.25) is 4.79 Å². The smallest absolute Gasteiger partial charge is 0.234 e. The van der Waals surface area contributed by atoms with Gasteiger partial charge >= 0.3 is 0 Å². The summed E-state index contributed by atoms with van der Waals surface area (Å²) < 4.78 is 0. The number of hydrogen-bond donors (Lipinski definition) is 2. The van der Waals surface area contributed by atoms with Gasteiger partial charge in [0.05, 0.1) is 6.54 Å². The molecule has 1 aromatic rings. The standard InChI is InChI=1S/C13H20N4O/c14-9-13(18)16-10-11-4-5-15-12(8-11)17-6-2-1-3-7-17/h4-5,8H,1-3,6-7,9-10,14H2,(H,16,18). The van der Waals surface area contributed by atoms with Crippen molar-refractivity contribution in [1.82, 2.24) is 10.3 Å². The number of piperidine rings is 1. The molecule has 0 spiro atoms. The molecule has 1 aliphatic rings. The number of carbonyl (C=O) groups is 1. The molecule has 2 heterocycles. The summed E-state index contributed by atoms with van der Waals surface area (Å²) in [5.74, 6) is 0.875. The number of nitrogens with one attached hydrogen (secondary N) is 1. The molecular formula is C13H20N4O. The minimum absolute atomic E-state index is 0.0318. The number of nitrogens with zero attached hydrogens (tertiary/aromatic N) is 2. The van der Waals surface area contributed by atoms with Crippen molar-refractivity contribution in [3.05, 3.63) is 23.9 Å². The summed E-state index contributed by atoms with van der Waals surface area (Å²) in [6.07, 6.45) is 5.57. The van der Waals surface area contributed by atoms with Gasteiger partial charge in [-0.1, -0.05) is 0 Å². The van der Waals surface area contributed by atoms with Crippen molar-refractivity contribution < 1.29 is 4.79 Å². The van der Waals surface area contributed by atoms with Crippen LogP contribution in [-0.4, -0.2) is 30.5 Å². The third-order valence-corrected chi connectivity index (χ3v) is 3.17. The number of hydrogen-bond acceptors (Lipinski definition) is 4.